The number of para-hydroxylation sites is 1. The van der Waals surface area contributed by atoms with E-state index >= 15 is 0 Å². The highest BCUT2D eigenvalue weighted by atomic mass is 16.5. The minimum atomic E-state index is -1.72. The molecular formula is C20H21N4O6+. The Kier molecular flexibility index (Phi) is 5.86. The van der Waals surface area contributed by atoms with Crippen molar-refractivity contribution in [2.75, 3.05) is 7.11 Å². The first-order valence-electron chi connectivity index (χ1n) is 8.91. The minimum absolute atomic E-state index is 0.140. The second-order valence-electron chi connectivity index (χ2n) is 6.43. The number of amides is 2. The van der Waals surface area contributed by atoms with Crippen LogP contribution in [0, 0.1) is 11.8 Å². The zero-order chi connectivity index (χ0) is 21.8. The summed E-state index contributed by atoms with van der Waals surface area (Å²) in [5, 5.41) is 2.65. The normalized spacial score (nSPS) is 11.7. The molecule has 0 spiro atoms. The molecule has 2 aromatic carbocycles. The van der Waals surface area contributed by atoms with Crippen LogP contribution < -0.4 is 26.4 Å². The number of aryl methyl sites for hydroxylation is 1. The standard InChI is InChI=1S/C20H20N4O6/c1-11-17(20(26)23-19(18(21)25)24(22)27)14-9-13(7-8-16(14)30-11)29-10-12-5-3-4-6-15(12)28-2/h3-9,19H,10H2,1-2H3,(H4-,21,22,23,25,26,27)/p+1/t19-/m1/s1. The van der Waals surface area contributed by atoms with Gasteiger partial charge in [-0.15, -0.1) is 0 Å². The Morgan fingerprint density at radius 1 is 1.23 bits per heavy atom. The van der Waals surface area contributed by atoms with Gasteiger partial charge in [-0.2, -0.15) is 5.84 Å². The number of hydrogen-bond donors (Lipinski definition) is 3. The average molecular weight is 413 g/mol. The summed E-state index contributed by atoms with van der Waals surface area (Å²) in [6.07, 6.45) is -1.72. The van der Waals surface area contributed by atoms with Crippen molar-refractivity contribution in [2.45, 2.75) is 19.7 Å². The predicted octanol–water partition coefficient (Wildman–Crippen LogP) is 1.52. The highest BCUT2D eigenvalue weighted by Crippen LogP contribution is 2.30. The van der Waals surface area contributed by atoms with E-state index < -0.39 is 18.0 Å². The molecular weight excluding hydrogens is 392 g/mol. The lowest BCUT2D eigenvalue weighted by atomic mass is 10.1. The predicted molar refractivity (Wildman–Crippen MR) is 107 cm³/mol. The van der Waals surface area contributed by atoms with Gasteiger partial charge in [0.25, 0.3) is 5.91 Å². The fourth-order valence-corrected chi connectivity index (χ4v) is 3.01. The molecule has 5 N–H and O–H groups in total. The molecule has 2 amide bonds. The number of benzene rings is 2. The maximum atomic E-state index is 12.7. The summed E-state index contributed by atoms with van der Waals surface area (Å²) in [7, 11) is 1.58. The van der Waals surface area contributed by atoms with Gasteiger partial charge in [0.1, 0.15) is 34.3 Å². The minimum Gasteiger partial charge on any atom is -0.496 e. The fraction of sp³-hybridized carbons (Fsp3) is 0.200. The van der Waals surface area contributed by atoms with E-state index in [0.717, 1.165) is 5.56 Å². The van der Waals surface area contributed by atoms with Crippen LogP contribution in [-0.4, -0.2) is 30.0 Å². The molecule has 30 heavy (non-hydrogen) atoms. The van der Waals surface area contributed by atoms with E-state index in [-0.39, 0.29) is 17.0 Å². The van der Waals surface area contributed by atoms with Gasteiger partial charge in [0.2, 0.25) is 0 Å². The number of furan rings is 1. The molecule has 0 saturated carbocycles. The van der Waals surface area contributed by atoms with E-state index in [1.165, 1.54) is 0 Å². The summed E-state index contributed by atoms with van der Waals surface area (Å²) in [5.41, 5.74) is 6.53. The van der Waals surface area contributed by atoms with Crippen LogP contribution in [0.1, 0.15) is 21.7 Å². The molecule has 0 aliphatic heterocycles. The van der Waals surface area contributed by atoms with Crippen LogP contribution in [0.25, 0.3) is 11.0 Å². The number of methoxy groups -OCH3 is 1. The number of rotatable bonds is 8. The smallest absolute Gasteiger partial charge is 0.386 e. The van der Waals surface area contributed by atoms with Crippen molar-refractivity contribution in [1.29, 1.82) is 0 Å². The molecule has 1 heterocycles. The maximum Gasteiger partial charge on any atom is 0.386 e. The topological polar surface area (TPSA) is 150 Å². The molecule has 10 nitrogen and oxygen atoms in total. The number of primary amides is 1. The highest BCUT2D eigenvalue weighted by Gasteiger charge is 2.33. The molecule has 0 aliphatic carbocycles. The number of carbonyl (C=O) groups is 2. The molecule has 3 aromatic rings. The monoisotopic (exact) mass is 413 g/mol. The zero-order valence-electron chi connectivity index (χ0n) is 16.4. The summed E-state index contributed by atoms with van der Waals surface area (Å²) < 4.78 is 16.7. The van der Waals surface area contributed by atoms with Gasteiger partial charge < -0.3 is 19.6 Å². The summed E-state index contributed by atoms with van der Waals surface area (Å²) >= 11 is 0. The third-order valence-electron chi connectivity index (χ3n) is 4.44. The van der Waals surface area contributed by atoms with Crippen LogP contribution in [-0.2, 0) is 11.4 Å². The highest BCUT2D eigenvalue weighted by molar-refractivity contribution is 6.08. The van der Waals surface area contributed by atoms with E-state index in [0.29, 0.717) is 28.2 Å². The van der Waals surface area contributed by atoms with Gasteiger partial charge in [-0.1, -0.05) is 18.2 Å². The summed E-state index contributed by atoms with van der Waals surface area (Å²) in [6.45, 7) is 1.83. The Balaban J connectivity index is 1.88. The molecule has 0 bridgehead atoms. The Bertz CT molecular complexity index is 1110. The number of carbonyl (C=O) groups excluding carboxylic acids is 2. The van der Waals surface area contributed by atoms with E-state index in [2.05, 4.69) is 5.32 Å². The molecule has 0 fully saturated rings. The van der Waals surface area contributed by atoms with Crippen molar-refractivity contribution in [3.8, 4) is 11.5 Å². The number of nitroso groups, excluding NO2 is 1. The third-order valence-corrected chi connectivity index (χ3v) is 4.44. The van der Waals surface area contributed by atoms with Crippen molar-refractivity contribution < 1.29 is 28.3 Å². The van der Waals surface area contributed by atoms with Crippen LogP contribution in [0.2, 0.25) is 0 Å². The van der Waals surface area contributed by atoms with Gasteiger partial charge in [0.05, 0.1) is 17.6 Å². The number of ether oxygens (including phenoxy) is 2. The quantitative estimate of drug-likeness (QED) is 0.219. The van der Waals surface area contributed by atoms with Crippen molar-refractivity contribution in [3.63, 3.8) is 0 Å². The lowest BCUT2D eigenvalue weighted by molar-refractivity contribution is -0.587. The second-order valence-corrected chi connectivity index (χ2v) is 6.43. The molecule has 10 heteroatoms. The third kappa shape index (κ3) is 4.17. The van der Waals surface area contributed by atoms with Crippen molar-refractivity contribution in [3.05, 3.63) is 64.3 Å². The van der Waals surface area contributed by atoms with E-state index in [1.807, 2.05) is 24.3 Å². The Morgan fingerprint density at radius 3 is 2.63 bits per heavy atom. The van der Waals surface area contributed by atoms with E-state index in [1.54, 1.807) is 32.2 Å². The number of hydrazine groups is 1. The van der Waals surface area contributed by atoms with Crippen LogP contribution in [0.5, 0.6) is 11.5 Å². The van der Waals surface area contributed by atoms with Gasteiger partial charge in [-0.05, 0) is 31.2 Å². The van der Waals surface area contributed by atoms with E-state index in [4.69, 9.17) is 25.5 Å². The first-order valence-corrected chi connectivity index (χ1v) is 8.91. The van der Waals surface area contributed by atoms with Gasteiger partial charge in [-0.3, -0.25) is 14.9 Å². The Hall–Kier alpha value is -4.08. The molecule has 156 valence electrons. The number of fused-ring (bicyclic) bond motifs is 1. The number of nitrogens with one attached hydrogen (secondary N) is 1. The molecule has 1 aromatic heterocycles. The maximum absolute atomic E-state index is 12.7. The van der Waals surface area contributed by atoms with Crippen LogP contribution >= 0.6 is 0 Å². The van der Waals surface area contributed by atoms with Gasteiger partial charge >= 0.3 is 12.1 Å². The summed E-state index contributed by atoms with van der Waals surface area (Å²) in [5.74, 6) is 4.69. The lowest BCUT2D eigenvalue weighted by Crippen LogP contribution is -2.53. The van der Waals surface area contributed by atoms with Crippen LogP contribution in [0.3, 0.4) is 0 Å². The molecule has 0 aliphatic rings. The van der Waals surface area contributed by atoms with Crippen molar-refractivity contribution in [2.24, 2.45) is 11.6 Å². The second kappa shape index (κ2) is 8.52. The van der Waals surface area contributed by atoms with Gasteiger partial charge in [0, 0.05) is 10.9 Å². The summed E-state index contributed by atoms with van der Waals surface area (Å²) in [6, 6.07) is 12.4. The number of nitrogens with zero attached hydrogens (tertiary/aromatic N) is 1. The fourth-order valence-electron chi connectivity index (χ4n) is 3.01. The van der Waals surface area contributed by atoms with Gasteiger partial charge in [0.15, 0.2) is 0 Å². The first kappa shape index (κ1) is 20.6. The Morgan fingerprint density at radius 2 is 1.97 bits per heavy atom. The van der Waals surface area contributed by atoms with E-state index in [9.17, 15) is 14.5 Å². The first-order chi connectivity index (χ1) is 14.3. The van der Waals surface area contributed by atoms with Crippen molar-refractivity contribution >= 4 is 22.8 Å². The SMILES string of the molecule is COc1ccccc1COc1ccc2oc(C)c(C(=O)N[C@@H](C(N)=O)[N+](N)=O)c2c1. The molecule has 0 saturated heterocycles. The number of hydrogen-bond acceptors (Lipinski definition) is 6. The molecule has 3 rings (SSSR count). The van der Waals surface area contributed by atoms with Crippen LogP contribution in [0.15, 0.2) is 46.9 Å². The number of nitrogens with two attached hydrogens (primary N) is 2. The Labute approximate surface area is 171 Å². The molecule has 0 unspecified atom stereocenters. The largest absolute Gasteiger partial charge is 0.496 e. The molecule has 0 radical (unpaired) electrons. The zero-order valence-corrected chi connectivity index (χ0v) is 16.4. The van der Waals surface area contributed by atoms with Gasteiger partial charge in [-0.25, -0.2) is 0 Å². The van der Waals surface area contributed by atoms with Crippen molar-refractivity contribution in [1.82, 2.24) is 5.32 Å². The van der Waals surface area contributed by atoms with Crippen LogP contribution in [0.4, 0.5) is 0 Å². The lowest BCUT2D eigenvalue weighted by Gasteiger charge is -2.10. The summed E-state index contributed by atoms with van der Waals surface area (Å²) in [4.78, 5) is 35.1. The molecule has 1 atom stereocenters. The average Bonchev–Trinajstić information content (AvgIpc) is 3.05.